The van der Waals surface area contributed by atoms with Crippen molar-refractivity contribution in [3.05, 3.63) is 65.1 Å². The number of ether oxygens (including phenoxy) is 2. The van der Waals surface area contributed by atoms with Gasteiger partial charge in [0.15, 0.2) is 17.3 Å². The number of benzene rings is 1. The number of halogens is 2. The molecule has 3 aromatic rings. The molecule has 0 spiro atoms. The number of alkyl halides is 2. The summed E-state index contributed by atoms with van der Waals surface area (Å²) in [6, 6.07) is 10.9. The van der Waals surface area contributed by atoms with E-state index >= 15 is 0 Å². The van der Waals surface area contributed by atoms with Gasteiger partial charge in [-0.2, -0.15) is 13.9 Å². The number of para-hydroxylation sites is 1. The molecule has 2 aromatic heterocycles. The first-order chi connectivity index (χ1) is 13.5. The maximum absolute atomic E-state index is 12.7. The maximum atomic E-state index is 12.7. The molecule has 0 amide bonds. The summed E-state index contributed by atoms with van der Waals surface area (Å²) in [5.41, 5.74) is 3.50. The monoisotopic (exact) mass is 388 g/mol. The summed E-state index contributed by atoms with van der Waals surface area (Å²) in [4.78, 5) is 4.45. The molecule has 0 aliphatic carbocycles. The number of hydrogen-bond donors (Lipinski definition) is 1. The van der Waals surface area contributed by atoms with Crippen LogP contribution >= 0.6 is 0 Å². The molecule has 0 bridgehead atoms. The van der Waals surface area contributed by atoms with Crippen molar-refractivity contribution < 1.29 is 18.3 Å². The van der Waals surface area contributed by atoms with Crippen LogP contribution in [0.2, 0.25) is 0 Å². The van der Waals surface area contributed by atoms with Crippen LogP contribution in [0.1, 0.15) is 22.5 Å². The molecule has 28 heavy (non-hydrogen) atoms. The van der Waals surface area contributed by atoms with E-state index in [-0.39, 0.29) is 11.5 Å². The Morgan fingerprint density at radius 3 is 2.57 bits per heavy atom. The summed E-state index contributed by atoms with van der Waals surface area (Å²) in [6.45, 7) is 1.87. The predicted molar refractivity (Wildman–Crippen MR) is 101 cm³/mol. The van der Waals surface area contributed by atoms with Crippen LogP contribution < -0.4 is 14.8 Å². The van der Waals surface area contributed by atoms with Crippen LogP contribution in [0.4, 0.5) is 8.78 Å². The summed E-state index contributed by atoms with van der Waals surface area (Å²) in [7, 11) is 1.42. The van der Waals surface area contributed by atoms with Crippen molar-refractivity contribution in [1.29, 1.82) is 0 Å². The van der Waals surface area contributed by atoms with Crippen LogP contribution in [0.25, 0.3) is 5.82 Å². The average molecular weight is 388 g/mol. The molecule has 1 aromatic carbocycles. The highest BCUT2D eigenvalue weighted by atomic mass is 19.3. The highest BCUT2D eigenvalue weighted by Crippen LogP contribution is 2.32. The number of nitrogens with zero attached hydrogens (tertiary/aromatic N) is 3. The number of pyridine rings is 1. The van der Waals surface area contributed by atoms with Crippen LogP contribution in [0, 0.1) is 13.8 Å². The Balaban J connectivity index is 1.65. The molecule has 0 radical (unpaired) electrons. The Bertz CT molecular complexity index is 926. The van der Waals surface area contributed by atoms with Crippen molar-refractivity contribution in [3.63, 3.8) is 0 Å². The second-order valence-electron chi connectivity index (χ2n) is 6.29. The van der Waals surface area contributed by atoms with Crippen molar-refractivity contribution in [3.8, 4) is 17.3 Å². The lowest BCUT2D eigenvalue weighted by molar-refractivity contribution is -0.0518. The largest absolute Gasteiger partial charge is 0.493 e. The number of rotatable bonds is 8. The number of hydrogen-bond acceptors (Lipinski definition) is 5. The van der Waals surface area contributed by atoms with E-state index in [1.54, 1.807) is 29.1 Å². The predicted octanol–water partition coefficient (Wildman–Crippen LogP) is 3.78. The molecule has 0 unspecified atom stereocenters. The summed E-state index contributed by atoms with van der Waals surface area (Å²) < 4.78 is 36.9. The van der Waals surface area contributed by atoms with Gasteiger partial charge in [-0.1, -0.05) is 18.2 Å². The summed E-state index contributed by atoms with van der Waals surface area (Å²) >= 11 is 0. The zero-order valence-electron chi connectivity index (χ0n) is 15.9. The van der Waals surface area contributed by atoms with Crippen molar-refractivity contribution in [2.75, 3.05) is 7.11 Å². The van der Waals surface area contributed by atoms with E-state index < -0.39 is 6.61 Å². The van der Waals surface area contributed by atoms with E-state index in [0.717, 1.165) is 22.8 Å². The van der Waals surface area contributed by atoms with Gasteiger partial charge in [0.1, 0.15) is 0 Å². The molecule has 2 heterocycles. The van der Waals surface area contributed by atoms with E-state index in [1.165, 1.54) is 7.11 Å². The van der Waals surface area contributed by atoms with E-state index in [2.05, 4.69) is 20.1 Å². The SMILES string of the molecule is COc1cccc(CNCc2ccc(-n3nc(C)cc3C)nc2)c1OC(F)F. The van der Waals surface area contributed by atoms with Gasteiger partial charge in [0.2, 0.25) is 0 Å². The van der Waals surface area contributed by atoms with Crippen LogP contribution in [0.3, 0.4) is 0 Å². The highest BCUT2D eigenvalue weighted by Gasteiger charge is 2.15. The normalized spacial score (nSPS) is 11.1. The van der Waals surface area contributed by atoms with Gasteiger partial charge in [-0.25, -0.2) is 9.67 Å². The van der Waals surface area contributed by atoms with Crippen molar-refractivity contribution in [2.45, 2.75) is 33.5 Å². The van der Waals surface area contributed by atoms with Crippen molar-refractivity contribution in [2.24, 2.45) is 0 Å². The van der Waals surface area contributed by atoms with E-state index in [1.807, 2.05) is 32.0 Å². The minimum absolute atomic E-state index is 0.0468. The highest BCUT2D eigenvalue weighted by molar-refractivity contribution is 5.46. The van der Waals surface area contributed by atoms with Gasteiger partial charge in [0.25, 0.3) is 0 Å². The van der Waals surface area contributed by atoms with E-state index in [4.69, 9.17) is 4.74 Å². The molecule has 0 fully saturated rings. The maximum Gasteiger partial charge on any atom is 0.387 e. The van der Waals surface area contributed by atoms with Crippen molar-refractivity contribution in [1.82, 2.24) is 20.1 Å². The molecule has 0 aliphatic heterocycles. The molecule has 148 valence electrons. The van der Waals surface area contributed by atoms with Gasteiger partial charge in [-0.3, -0.25) is 0 Å². The second-order valence-corrected chi connectivity index (χ2v) is 6.29. The number of aromatic nitrogens is 3. The van der Waals surface area contributed by atoms with Crippen LogP contribution in [0.5, 0.6) is 11.5 Å². The first-order valence-corrected chi connectivity index (χ1v) is 8.78. The third kappa shape index (κ3) is 4.64. The first kappa shape index (κ1) is 19.8. The van der Waals surface area contributed by atoms with Gasteiger partial charge in [-0.15, -0.1) is 0 Å². The molecule has 1 N–H and O–H groups in total. The molecular weight excluding hydrogens is 366 g/mol. The van der Waals surface area contributed by atoms with Crippen molar-refractivity contribution >= 4 is 0 Å². The lowest BCUT2D eigenvalue weighted by atomic mass is 10.1. The Kier molecular flexibility index (Phi) is 6.20. The Labute approximate surface area is 162 Å². The Hall–Kier alpha value is -3.00. The third-order valence-corrected chi connectivity index (χ3v) is 4.17. The summed E-state index contributed by atoms with van der Waals surface area (Å²) in [5.74, 6) is 1.07. The van der Waals surface area contributed by atoms with Crippen LogP contribution in [-0.2, 0) is 13.1 Å². The Morgan fingerprint density at radius 1 is 1.14 bits per heavy atom. The zero-order valence-corrected chi connectivity index (χ0v) is 15.9. The zero-order chi connectivity index (χ0) is 20.1. The molecule has 0 saturated carbocycles. The quantitative estimate of drug-likeness (QED) is 0.636. The fourth-order valence-electron chi connectivity index (χ4n) is 2.93. The lowest BCUT2D eigenvalue weighted by Crippen LogP contribution is -2.15. The fraction of sp³-hybridized carbons (Fsp3) is 0.300. The standard InChI is InChI=1S/C20H22F2N4O2/c1-13-9-14(2)26(25-13)18-8-7-15(11-24-18)10-23-12-16-5-4-6-17(27-3)19(16)28-20(21)22/h4-9,11,20,23H,10,12H2,1-3H3. The summed E-state index contributed by atoms with van der Waals surface area (Å²) in [6.07, 6.45) is 1.76. The molecule has 0 aliphatic rings. The third-order valence-electron chi connectivity index (χ3n) is 4.17. The second kappa shape index (κ2) is 8.79. The van der Waals surface area contributed by atoms with E-state index in [9.17, 15) is 8.78 Å². The molecular formula is C20H22F2N4O2. The van der Waals surface area contributed by atoms with Gasteiger partial charge in [-0.05, 0) is 37.6 Å². The number of aryl methyl sites for hydroxylation is 2. The fourth-order valence-corrected chi connectivity index (χ4v) is 2.93. The van der Waals surface area contributed by atoms with Crippen LogP contribution in [-0.4, -0.2) is 28.5 Å². The smallest absolute Gasteiger partial charge is 0.387 e. The molecule has 0 saturated heterocycles. The molecule has 6 nitrogen and oxygen atoms in total. The minimum Gasteiger partial charge on any atom is -0.493 e. The molecule has 3 rings (SSSR count). The van der Waals surface area contributed by atoms with Gasteiger partial charge < -0.3 is 14.8 Å². The van der Waals surface area contributed by atoms with E-state index in [0.29, 0.717) is 18.7 Å². The first-order valence-electron chi connectivity index (χ1n) is 8.78. The number of methoxy groups -OCH3 is 1. The minimum atomic E-state index is -2.92. The lowest BCUT2D eigenvalue weighted by Gasteiger charge is -2.15. The topological polar surface area (TPSA) is 61.2 Å². The molecule has 0 atom stereocenters. The van der Waals surface area contributed by atoms with Gasteiger partial charge >= 0.3 is 6.61 Å². The van der Waals surface area contributed by atoms with Crippen LogP contribution in [0.15, 0.2) is 42.6 Å². The molecule has 8 heteroatoms. The van der Waals surface area contributed by atoms with Gasteiger partial charge in [0, 0.05) is 30.5 Å². The van der Waals surface area contributed by atoms with Gasteiger partial charge in [0.05, 0.1) is 12.8 Å². The summed E-state index contributed by atoms with van der Waals surface area (Å²) in [5, 5.41) is 7.63. The average Bonchev–Trinajstić information content (AvgIpc) is 3.01. The number of nitrogens with one attached hydrogen (secondary N) is 1. The Morgan fingerprint density at radius 2 is 1.96 bits per heavy atom.